The molecule has 0 saturated carbocycles. The lowest BCUT2D eigenvalue weighted by molar-refractivity contribution is 0.0888. The molecule has 1 aliphatic heterocycles. The fourth-order valence-corrected chi connectivity index (χ4v) is 3.42. The van der Waals surface area contributed by atoms with Crippen molar-refractivity contribution < 1.29 is 24.5 Å². The zero-order valence-electron chi connectivity index (χ0n) is 14.3. The molecule has 0 aliphatic carbocycles. The van der Waals surface area contributed by atoms with Gasteiger partial charge in [-0.3, -0.25) is 0 Å². The number of rotatable bonds is 2. The van der Waals surface area contributed by atoms with Gasteiger partial charge in [-0.2, -0.15) is 0 Å². The Balaban J connectivity index is 1.93. The quantitative estimate of drug-likeness (QED) is 0.612. The van der Waals surface area contributed by atoms with E-state index in [0.717, 1.165) is 5.56 Å². The number of aliphatic hydroxyl groups excluding tert-OH is 1. The van der Waals surface area contributed by atoms with Gasteiger partial charge in [0.2, 0.25) is 0 Å². The lowest BCUT2D eigenvalue weighted by Gasteiger charge is -2.23. The third-order valence-electron chi connectivity index (χ3n) is 5.04. The minimum atomic E-state index is -0.602. The second-order valence-electron chi connectivity index (χ2n) is 7.05. The molecule has 26 heavy (non-hydrogen) atoms. The Bertz CT molecular complexity index is 1080. The van der Waals surface area contributed by atoms with Gasteiger partial charge in [-0.25, -0.2) is 4.79 Å². The zero-order valence-corrected chi connectivity index (χ0v) is 14.3. The summed E-state index contributed by atoms with van der Waals surface area (Å²) in [7, 11) is 0. The van der Waals surface area contributed by atoms with Gasteiger partial charge < -0.3 is 24.5 Å². The topological polar surface area (TPSA) is 100 Å². The summed E-state index contributed by atoms with van der Waals surface area (Å²) in [6, 6.07) is 9.21. The molecule has 2 aromatic carbocycles. The van der Waals surface area contributed by atoms with Crippen molar-refractivity contribution in [2.45, 2.75) is 25.4 Å². The molecule has 2 heterocycles. The van der Waals surface area contributed by atoms with Crippen LogP contribution in [0.25, 0.3) is 22.1 Å². The zero-order chi connectivity index (χ0) is 18.6. The molecule has 0 radical (unpaired) electrons. The lowest BCUT2D eigenvalue weighted by atomic mass is 9.81. The Morgan fingerprint density at radius 2 is 1.85 bits per heavy atom. The summed E-state index contributed by atoms with van der Waals surface area (Å²) in [4.78, 5) is 12.4. The molecule has 4 rings (SSSR count). The summed E-state index contributed by atoms with van der Waals surface area (Å²) in [5.74, 6) is 0.287. The number of aliphatic hydroxyl groups is 1. The molecule has 3 aromatic rings. The van der Waals surface area contributed by atoms with Crippen molar-refractivity contribution in [2.24, 2.45) is 0 Å². The molecule has 134 valence electrons. The van der Waals surface area contributed by atoms with Gasteiger partial charge in [-0.15, -0.1) is 0 Å². The predicted molar refractivity (Wildman–Crippen MR) is 95.8 cm³/mol. The number of fused-ring (bicyclic) bond motifs is 2. The van der Waals surface area contributed by atoms with Gasteiger partial charge in [-0.1, -0.05) is 13.8 Å². The normalized spacial score (nSPS) is 17.9. The van der Waals surface area contributed by atoms with Crippen molar-refractivity contribution in [3.8, 4) is 28.4 Å². The summed E-state index contributed by atoms with van der Waals surface area (Å²) in [6.07, 6.45) is -0.373. The van der Waals surface area contributed by atoms with Crippen LogP contribution < -0.4 is 10.4 Å². The first-order valence-corrected chi connectivity index (χ1v) is 8.23. The van der Waals surface area contributed by atoms with Crippen LogP contribution in [-0.2, 0) is 5.41 Å². The van der Waals surface area contributed by atoms with Crippen molar-refractivity contribution in [1.29, 1.82) is 0 Å². The van der Waals surface area contributed by atoms with Crippen LogP contribution >= 0.6 is 0 Å². The maximum absolute atomic E-state index is 12.4. The van der Waals surface area contributed by atoms with E-state index in [1.165, 1.54) is 18.2 Å². The Hall–Kier alpha value is -2.99. The average molecular weight is 354 g/mol. The van der Waals surface area contributed by atoms with E-state index >= 15 is 0 Å². The summed E-state index contributed by atoms with van der Waals surface area (Å²) in [6.45, 7) is 3.85. The number of ether oxygens (including phenoxy) is 1. The Morgan fingerprint density at radius 3 is 2.54 bits per heavy atom. The van der Waals surface area contributed by atoms with Crippen LogP contribution in [0.4, 0.5) is 0 Å². The largest absolute Gasteiger partial charge is 0.508 e. The van der Waals surface area contributed by atoms with E-state index in [9.17, 15) is 20.1 Å². The maximum Gasteiger partial charge on any atom is 0.344 e. The Labute approximate surface area is 148 Å². The van der Waals surface area contributed by atoms with Crippen LogP contribution in [-0.4, -0.2) is 28.0 Å². The van der Waals surface area contributed by atoms with E-state index in [-0.39, 0.29) is 35.3 Å². The number of phenolic OH excluding ortho intramolecular Hbond substituents is 2. The lowest BCUT2D eigenvalue weighted by Crippen LogP contribution is -2.35. The van der Waals surface area contributed by atoms with Gasteiger partial charge in [0.25, 0.3) is 0 Å². The van der Waals surface area contributed by atoms with Gasteiger partial charge >= 0.3 is 5.63 Å². The third kappa shape index (κ3) is 2.34. The van der Waals surface area contributed by atoms with Gasteiger partial charge in [-0.05, 0) is 24.3 Å². The van der Waals surface area contributed by atoms with Gasteiger partial charge in [0, 0.05) is 34.1 Å². The standard InChI is InChI=1S/C20H18O6/c1-20(2)14-6-10-5-13(12-4-3-11(22)7-15(12)23)19(24)26-16(10)8-17(14)25-18(20)9-21/h3-8,18,21-23H,9H2,1-2H3. The summed E-state index contributed by atoms with van der Waals surface area (Å²) >= 11 is 0. The molecule has 0 spiro atoms. The summed E-state index contributed by atoms with van der Waals surface area (Å²) in [5.41, 5.74) is 0.765. The average Bonchev–Trinajstić information content (AvgIpc) is 2.83. The highest BCUT2D eigenvalue weighted by atomic mass is 16.5. The van der Waals surface area contributed by atoms with Crippen LogP contribution in [0.2, 0.25) is 0 Å². The van der Waals surface area contributed by atoms with E-state index in [1.54, 1.807) is 12.1 Å². The Morgan fingerprint density at radius 1 is 1.08 bits per heavy atom. The number of hydrogen-bond donors (Lipinski definition) is 3. The molecule has 0 amide bonds. The third-order valence-corrected chi connectivity index (χ3v) is 5.04. The van der Waals surface area contributed by atoms with E-state index < -0.39 is 11.0 Å². The molecule has 3 N–H and O–H groups in total. The van der Waals surface area contributed by atoms with Gasteiger partial charge in [0.05, 0.1) is 12.2 Å². The van der Waals surface area contributed by atoms with E-state index in [4.69, 9.17) is 9.15 Å². The first-order valence-electron chi connectivity index (χ1n) is 8.23. The van der Waals surface area contributed by atoms with Crippen LogP contribution in [0.1, 0.15) is 19.4 Å². The molecule has 0 saturated heterocycles. The maximum atomic E-state index is 12.4. The van der Waals surface area contributed by atoms with Crippen LogP contribution in [0.15, 0.2) is 45.6 Å². The minimum absolute atomic E-state index is 0.0943. The van der Waals surface area contributed by atoms with Crippen molar-refractivity contribution >= 4 is 11.0 Å². The molecule has 1 atom stereocenters. The first-order chi connectivity index (χ1) is 12.3. The number of aromatic hydroxyl groups is 2. The van der Waals surface area contributed by atoms with Crippen LogP contribution in [0.5, 0.6) is 17.2 Å². The SMILES string of the molecule is CC1(C)c2cc3cc(-c4ccc(O)cc4O)c(=O)oc3cc2OC1CO. The predicted octanol–water partition coefficient (Wildman–Crippen LogP) is 2.90. The van der Waals surface area contributed by atoms with Crippen molar-refractivity contribution in [2.75, 3.05) is 6.61 Å². The first kappa shape index (κ1) is 16.5. The molecular formula is C20H18O6. The fraction of sp³-hybridized carbons (Fsp3) is 0.250. The molecule has 0 fully saturated rings. The smallest absolute Gasteiger partial charge is 0.344 e. The molecular weight excluding hydrogens is 336 g/mol. The number of benzene rings is 2. The van der Waals surface area contributed by atoms with Crippen LogP contribution in [0, 0.1) is 0 Å². The summed E-state index contributed by atoms with van der Waals surface area (Å²) < 4.78 is 11.2. The highest BCUT2D eigenvalue weighted by Crippen LogP contribution is 2.44. The molecule has 1 unspecified atom stereocenters. The highest BCUT2D eigenvalue weighted by molar-refractivity contribution is 5.85. The van der Waals surface area contributed by atoms with Gasteiger partial charge in [0.1, 0.15) is 28.9 Å². The summed E-state index contributed by atoms with van der Waals surface area (Å²) in [5, 5.41) is 29.7. The molecule has 6 heteroatoms. The van der Waals surface area contributed by atoms with Crippen molar-refractivity contribution in [1.82, 2.24) is 0 Å². The molecule has 6 nitrogen and oxygen atoms in total. The van der Waals surface area contributed by atoms with Gasteiger partial charge in [0.15, 0.2) is 0 Å². The number of phenols is 2. The molecule has 1 aromatic heterocycles. The van der Waals surface area contributed by atoms with E-state index in [2.05, 4.69) is 0 Å². The van der Waals surface area contributed by atoms with Crippen molar-refractivity contribution in [3.05, 3.63) is 52.4 Å². The monoisotopic (exact) mass is 354 g/mol. The number of hydrogen-bond acceptors (Lipinski definition) is 6. The van der Waals surface area contributed by atoms with Crippen molar-refractivity contribution in [3.63, 3.8) is 0 Å². The highest BCUT2D eigenvalue weighted by Gasteiger charge is 2.41. The second-order valence-corrected chi connectivity index (χ2v) is 7.05. The van der Waals surface area contributed by atoms with E-state index in [0.29, 0.717) is 16.7 Å². The molecule has 0 bridgehead atoms. The second kappa shape index (κ2) is 5.51. The fourth-order valence-electron chi connectivity index (χ4n) is 3.42. The van der Waals surface area contributed by atoms with Crippen LogP contribution in [0.3, 0.4) is 0 Å². The van der Waals surface area contributed by atoms with E-state index in [1.807, 2.05) is 19.9 Å². The molecule has 1 aliphatic rings. The minimum Gasteiger partial charge on any atom is -0.508 e. The Kier molecular flexibility index (Phi) is 3.49.